The fourth-order valence-electron chi connectivity index (χ4n) is 7.69. The second-order valence-corrected chi connectivity index (χ2v) is 13.2. The van der Waals surface area contributed by atoms with Crippen LogP contribution in [0.3, 0.4) is 0 Å². The quantitative estimate of drug-likeness (QED) is 0.386. The lowest BCUT2D eigenvalue weighted by molar-refractivity contribution is -0.144. The molecule has 0 radical (unpaired) electrons. The van der Waals surface area contributed by atoms with Gasteiger partial charge in [0.15, 0.2) is 0 Å². The second kappa shape index (κ2) is 11.7. The average Bonchev–Trinajstić information content (AvgIpc) is 3.64. The average molecular weight is 608 g/mol. The number of rotatable bonds is 8. The molecule has 9 heteroatoms. The van der Waals surface area contributed by atoms with Gasteiger partial charge in [0.2, 0.25) is 17.7 Å². The highest BCUT2D eigenvalue weighted by Gasteiger charge is 2.73. The van der Waals surface area contributed by atoms with Gasteiger partial charge in [-0.25, -0.2) is 4.39 Å². The number of benzene rings is 2. The second-order valence-electron chi connectivity index (χ2n) is 12.8. The Kier molecular flexibility index (Phi) is 8.11. The van der Waals surface area contributed by atoms with Crippen LogP contribution in [0.25, 0.3) is 0 Å². The summed E-state index contributed by atoms with van der Waals surface area (Å²) >= 11 is 5.94. The number of hydrogen-bond donors (Lipinski definition) is 2. The van der Waals surface area contributed by atoms with E-state index >= 15 is 0 Å². The normalized spacial score (nSPS) is 33.4. The van der Waals surface area contributed by atoms with Crippen LogP contribution >= 0.6 is 11.6 Å². The third kappa shape index (κ3) is 5.27. The minimum atomic E-state index is -1.25. The van der Waals surface area contributed by atoms with Gasteiger partial charge in [0.05, 0.1) is 23.0 Å². The Morgan fingerprint density at radius 2 is 1.91 bits per heavy atom. The third-order valence-electron chi connectivity index (χ3n) is 10.3. The highest BCUT2D eigenvalue weighted by molar-refractivity contribution is 6.31. The summed E-state index contributed by atoms with van der Waals surface area (Å²) in [6.45, 7) is 6.36. The van der Waals surface area contributed by atoms with Crippen LogP contribution in [0, 0.1) is 29.5 Å². The largest absolute Gasteiger partial charge is 0.359 e. The molecule has 2 saturated heterocycles. The van der Waals surface area contributed by atoms with Gasteiger partial charge in [-0.2, -0.15) is 0 Å². The summed E-state index contributed by atoms with van der Waals surface area (Å²) < 4.78 is 20.2. The van der Waals surface area contributed by atoms with Crippen LogP contribution in [0.2, 0.25) is 5.02 Å². The molecule has 2 aromatic rings. The summed E-state index contributed by atoms with van der Waals surface area (Å²) in [7, 11) is 0. The number of halogens is 2. The van der Waals surface area contributed by atoms with Crippen LogP contribution in [0.1, 0.15) is 52.0 Å². The summed E-state index contributed by atoms with van der Waals surface area (Å²) in [4.78, 5) is 44.1. The van der Waals surface area contributed by atoms with E-state index in [-0.39, 0.29) is 28.9 Å². The molecule has 1 aliphatic carbocycles. The summed E-state index contributed by atoms with van der Waals surface area (Å²) in [6, 6.07) is 12.8. The summed E-state index contributed by atoms with van der Waals surface area (Å²) in [5.41, 5.74) is 0.224. The number of carbonyl (C=O) groups excluding carboxylic acids is 3. The van der Waals surface area contributed by atoms with Crippen molar-refractivity contribution in [3.63, 3.8) is 0 Å². The van der Waals surface area contributed by atoms with E-state index < -0.39 is 41.3 Å². The van der Waals surface area contributed by atoms with Crippen LogP contribution in [0.5, 0.6) is 0 Å². The van der Waals surface area contributed by atoms with E-state index in [4.69, 9.17) is 16.3 Å². The van der Waals surface area contributed by atoms with Crippen molar-refractivity contribution in [2.45, 2.75) is 82.7 Å². The molecule has 7 nitrogen and oxygen atoms in total. The van der Waals surface area contributed by atoms with Crippen molar-refractivity contribution in [1.82, 2.24) is 10.2 Å². The van der Waals surface area contributed by atoms with Crippen molar-refractivity contribution in [2.75, 3.05) is 5.32 Å². The van der Waals surface area contributed by atoms with Crippen molar-refractivity contribution >= 4 is 35.0 Å². The van der Waals surface area contributed by atoms with Gasteiger partial charge in [0, 0.05) is 17.8 Å². The molecular weight excluding hydrogens is 569 g/mol. The van der Waals surface area contributed by atoms with E-state index in [1.54, 1.807) is 11.0 Å². The van der Waals surface area contributed by atoms with Crippen molar-refractivity contribution in [3.05, 3.63) is 77.1 Å². The van der Waals surface area contributed by atoms with Crippen molar-refractivity contribution in [2.24, 2.45) is 23.7 Å². The Balaban J connectivity index is 1.30. The number of hydrogen-bond acceptors (Lipinski definition) is 4. The molecule has 0 unspecified atom stereocenters. The molecule has 3 amide bonds. The molecule has 6 rings (SSSR count). The van der Waals surface area contributed by atoms with Crippen LogP contribution in [-0.2, 0) is 25.5 Å². The predicted molar refractivity (Wildman–Crippen MR) is 163 cm³/mol. The van der Waals surface area contributed by atoms with Gasteiger partial charge in [0.25, 0.3) is 0 Å². The molecule has 228 valence electrons. The Hall–Kier alpha value is -3.23. The molecule has 3 fully saturated rings. The number of fused-ring (bicyclic) bond motifs is 1. The first-order valence-corrected chi connectivity index (χ1v) is 15.8. The monoisotopic (exact) mass is 607 g/mol. The highest BCUT2D eigenvalue weighted by Crippen LogP contribution is 2.56. The van der Waals surface area contributed by atoms with Crippen molar-refractivity contribution < 1.29 is 23.5 Å². The number of amides is 3. The molecule has 1 spiro atoms. The van der Waals surface area contributed by atoms with Gasteiger partial charge in [-0.15, -0.1) is 0 Å². The lowest BCUT2D eigenvalue weighted by Gasteiger charge is -2.39. The Morgan fingerprint density at radius 1 is 1.14 bits per heavy atom. The van der Waals surface area contributed by atoms with E-state index in [1.165, 1.54) is 18.2 Å². The van der Waals surface area contributed by atoms with E-state index in [1.807, 2.05) is 31.2 Å². The number of nitrogens with one attached hydrogen (secondary N) is 2. The number of ether oxygens (including phenoxy) is 1. The lowest BCUT2D eigenvalue weighted by atomic mass is 9.73. The van der Waals surface area contributed by atoms with Crippen molar-refractivity contribution in [1.29, 1.82) is 0 Å². The summed E-state index contributed by atoms with van der Waals surface area (Å²) in [5, 5.41) is 6.00. The molecule has 4 aliphatic rings. The number of nitrogens with zero attached hydrogens (tertiary/aromatic N) is 1. The van der Waals surface area contributed by atoms with Gasteiger partial charge < -0.3 is 20.3 Å². The van der Waals surface area contributed by atoms with E-state index in [2.05, 4.69) is 36.6 Å². The standard InChI is InChI=1S/C34H39ClFN3O4/c1-19-8-7-11-26(21(19)3)38-32(41)30-34-17-16-27(43-34)28(31(40)37-23-14-15-25(36)24(35)18-23)29(34)33(42)39(30)20(2)12-13-22-9-5-4-6-10-22/h4-6,9-10,14-21,26-30H,7-8,11-13H2,1-3H3,(H,37,40)(H,38,41)/t19-,20-,21+,26+,27+,28-,29+,30+,34+/m1/s1. The molecule has 3 heterocycles. The molecule has 1 saturated carbocycles. The number of anilines is 1. The zero-order chi connectivity index (χ0) is 30.5. The van der Waals surface area contributed by atoms with E-state index in [0.717, 1.165) is 31.2 Å². The van der Waals surface area contributed by atoms with Gasteiger partial charge in [0.1, 0.15) is 17.5 Å². The molecule has 2 bridgehead atoms. The first-order valence-electron chi connectivity index (χ1n) is 15.4. The minimum Gasteiger partial charge on any atom is -0.359 e. The minimum absolute atomic E-state index is 0.00757. The highest BCUT2D eigenvalue weighted by atomic mass is 35.5. The molecular formula is C34H39ClFN3O4. The van der Waals surface area contributed by atoms with Gasteiger partial charge in [-0.05, 0) is 61.8 Å². The van der Waals surface area contributed by atoms with Crippen LogP contribution < -0.4 is 10.6 Å². The maximum atomic E-state index is 14.4. The molecule has 3 aliphatic heterocycles. The first kappa shape index (κ1) is 29.8. The Labute approximate surface area is 257 Å². The maximum Gasteiger partial charge on any atom is 0.246 e. The molecule has 2 aromatic carbocycles. The fourth-order valence-corrected chi connectivity index (χ4v) is 7.87. The smallest absolute Gasteiger partial charge is 0.246 e. The van der Waals surface area contributed by atoms with Gasteiger partial charge in [-0.3, -0.25) is 14.4 Å². The predicted octanol–water partition coefficient (Wildman–Crippen LogP) is 5.53. The number of likely N-dealkylation sites (tertiary alicyclic amines) is 1. The zero-order valence-corrected chi connectivity index (χ0v) is 25.5. The number of aryl methyl sites for hydroxylation is 1. The van der Waals surface area contributed by atoms with Crippen LogP contribution in [0.4, 0.5) is 10.1 Å². The SMILES string of the molecule is C[C@H]1[C@H](C)CCC[C@@H]1NC(=O)[C@@H]1N([C@H](C)CCc2ccccc2)C(=O)[C@@H]2[C@H](C(=O)Nc3ccc(F)c(Cl)c3)[C@@H]3C=C[C@]21O3. The van der Waals surface area contributed by atoms with Crippen LogP contribution in [0.15, 0.2) is 60.7 Å². The summed E-state index contributed by atoms with van der Waals surface area (Å²) in [5.74, 6) is -2.42. The molecule has 0 aromatic heterocycles. The van der Waals surface area contributed by atoms with Gasteiger partial charge in [-0.1, -0.05) is 80.8 Å². The maximum absolute atomic E-state index is 14.4. The Morgan fingerprint density at radius 3 is 2.65 bits per heavy atom. The summed E-state index contributed by atoms with van der Waals surface area (Å²) in [6.07, 6.45) is 7.43. The van der Waals surface area contributed by atoms with E-state index in [9.17, 15) is 18.8 Å². The molecule has 9 atom stereocenters. The third-order valence-corrected chi connectivity index (χ3v) is 10.5. The fraction of sp³-hybridized carbons (Fsp3) is 0.500. The van der Waals surface area contributed by atoms with E-state index in [0.29, 0.717) is 23.9 Å². The van der Waals surface area contributed by atoms with Gasteiger partial charge >= 0.3 is 0 Å². The zero-order valence-electron chi connectivity index (χ0n) is 24.8. The molecule has 43 heavy (non-hydrogen) atoms. The van der Waals surface area contributed by atoms with Crippen LogP contribution in [-0.4, -0.2) is 52.5 Å². The first-order chi connectivity index (χ1) is 20.6. The Bertz CT molecular complexity index is 1440. The van der Waals surface area contributed by atoms with Crippen molar-refractivity contribution in [3.8, 4) is 0 Å². The topological polar surface area (TPSA) is 87.7 Å². The number of carbonyl (C=O) groups is 3. The molecule has 2 N–H and O–H groups in total. The lowest BCUT2D eigenvalue weighted by Crippen LogP contribution is -2.59.